The lowest BCUT2D eigenvalue weighted by atomic mass is 9.79. The molecule has 11 heteroatoms. The molecule has 48 heavy (non-hydrogen) atoms. The van der Waals surface area contributed by atoms with E-state index in [4.69, 9.17) is 28.8 Å². The van der Waals surface area contributed by atoms with Gasteiger partial charge in [-0.05, 0) is 115 Å². The van der Waals surface area contributed by atoms with Crippen molar-refractivity contribution in [3.05, 3.63) is 54.0 Å². The first kappa shape index (κ1) is 33.9. The third-order valence-corrected chi connectivity index (χ3v) is 9.98. The highest BCUT2D eigenvalue weighted by Gasteiger charge is 2.35. The van der Waals surface area contributed by atoms with Gasteiger partial charge in [0, 0.05) is 48.3 Å². The fraction of sp³-hybridized carbons (Fsp3) is 0.595. The number of amides is 2. The second-order valence-corrected chi connectivity index (χ2v) is 14.5. The fourth-order valence-electron chi connectivity index (χ4n) is 7.00. The van der Waals surface area contributed by atoms with Gasteiger partial charge in [-0.15, -0.1) is 0 Å². The van der Waals surface area contributed by atoms with E-state index in [1.54, 1.807) is 33.4 Å². The molecule has 0 spiro atoms. The number of carbonyl (C=O) groups is 2. The highest BCUT2D eigenvalue weighted by molar-refractivity contribution is 5.94. The van der Waals surface area contributed by atoms with E-state index in [0.29, 0.717) is 55.8 Å². The standard InChI is InChI=1S/C37H49N5O6/c1-23-32(46-4)16-15-30(40-23)25-7-5-24(6-8-25)20-42(33-19-28(17-18-38-33)31-21-47-34(41-31)26-9-10-26)35(43)27-11-13-29(14-12-27)48-36(44)39-22-37(2,3)45/h15-19,21,24-27,29,45H,5-14,20,22H2,1-4H3,(H,39,44). The van der Waals surface area contributed by atoms with Crippen LogP contribution in [0.25, 0.3) is 11.3 Å². The minimum atomic E-state index is -1.02. The molecule has 0 radical (unpaired) electrons. The number of nitrogens with zero attached hydrogens (tertiary/aromatic N) is 4. The van der Waals surface area contributed by atoms with Crippen molar-refractivity contribution in [3.63, 3.8) is 0 Å². The molecule has 2 amide bonds. The van der Waals surface area contributed by atoms with E-state index in [0.717, 1.165) is 72.8 Å². The summed E-state index contributed by atoms with van der Waals surface area (Å²) in [6.45, 7) is 5.94. The average molecular weight is 660 g/mol. The second-order valence-electron chi connectivity index (χ2n) is 14.5. The zero-order chi connectivity index (χ0) is 33.8. The zero-order valence-corrected chi connectivity index (χ0v) is 28.6. The van der Waals surface area contributed by atoms with E-state index in [9.17, 15) is 14.7 Å². The number of carbonyl (C=O) groups excluding carboxylic acids is 2. The molecule has 3 aromatic rings. The van der Waals surface area contributed by atoms with Crippen LogP contribution in [-0.4, -0.2) is 64.0 Å². The number of hydrogen-bond acceptors (Lipinski definition) is 9. The number of nitrogens with one attached hydrogen (secondary N) is 1. The number of hydrogen-bond donors (Lipinski definition) is 2. The van der Waals surface area contributed by atoms with Gasteiger partial charge in [0.05, 0.1) is 18.4 Å². The summed E-state index contributed by atoms with van der Waals surface area (Å²) in [5.41, 5.74) is 2.64. The van der Waals surface area contributed by atoms with Crippen LogP contribution in [0.1, 0.15) is 107 Å². The average Bonchev–Trinajstić information content (AvgIpc) is 3.82. The van der Waals surface area contributed by atoms with Crippen molar-refractivity contribution >= 4 is 17.8 Å². The van der Waals surface area contributed by atoms with Crippen LogP contribution in [0.3, 0.4) is 0 Å². The van der Waals surface area contributed by atoms with Crippen LogP contribution >= 0.6 is 0 Å². The SMILES string of the molecule is COc1ccc(C2CCC(CN(C(=O)C3CCC(OC(=O)NCC(C)(C)O)CC3)c3cc(-c4coc(C5CC5)n4)ccn3)CC2)nc1C. The van der Waals surface area contributed by atoms with Gasteiger partial charge < -0.3 is 24.3 Å². The molecule has 0 atom stereocenters. The van der Waals surface area contributed by atoms with Gasteiger partial charge in [-0.25, -0.2) is 14.8 Å². The number of rotatable bonds is 11. The number of alkyl carbamates (subject to hydrolysis) is 1. The highest BCUT2D eigenvalue weighted by Crippen LogP contribution is 2.41. The Balaban J connectivity index is 1.14. The maximum Gasteiger partial charge on any atom is 0.407 e. The van der Waals surface area contributed by atoms with Crippen molar-refractivity contribution in [1.29, 1.82) is 0 Å². The molecular formula is C37H49N5O6. The lowest BCUT2D eigenvalue weighted by Crippen LogP contribution is -2.43. The van der Waals surface area contributed by atoms with Gasteiger partial charge in [-0.1, -0.05) is 0 Å². The Hall–Kier alpha value is -3.99. The summed E-state index contributed by atoms with van der Waals surface area (Å²) in [4.78, 5) is 42.8. The molecule has 0 aliphatic heterocycles. The molecule has 3 heterocycles. The molecule has 3 fully saturated rings. The smallest absolute Gasteiger partial charge is 0.407 e. The van der Waals surface area contributed by atoms with Crippen LogP contribution < -0.4 is 15.0 Å². The van der Waals surface area contributed by atoms with Gasteiger partial charge in [-0.3, -0.25) is 14.7 Å². The predicted molar refractivity (Wildman–Crippen MR) is 181 cm³/mol. The number of anilines is 1. The Morgan fingerprint density at radius 2 is 1.73 bits per heavy atom. The number of pyridine rings is 2. The molecule has 3 saturated carbocycles. The first-order valence-electron chi connectivity index (χ1n) is 17.5. The van der Waals surface area contributed by atoms with Crippen LogP contribution in [-0.2, 0) is 9.53 Å². The van der Waals surface area contributed by atoms with Crippen molar-refractivity contribution in [2.75, 3.05) is 25.1 Å². The van der Waals surface area contributed by atoms with Crippen molar-refractivity contribution < 1.29 is 28.6 Å². The number of methoxy groups -OCH3 is 1. The van der Waals surface area contributed by atoms with E-state index in [1.165, 1.54) is 0 Å². The molecule has 258 valence electrons. The first-order valence-corrected chi connectivity index (χ1v) is 17.5. The lowest BCUT2D eigenvalue weighted by Gasteiger charge is -2.35. The van der Waals surface area contributed by atoms with Crippen molar-refractivity contribution in [2.24, 2.45) is 11.8 Å². The molecule has 0 unspecified atom stereocenters. The van der Waals surface area contributed by atoms with Crippen molar-refractivity contribution in [2.45, 2.75) is 109 Å². The molecule has 0 bridgehead atoms. The summed E-state index contributed by atoms with van der Waals surface area (Å²) in [5.74, 6) is 3.24. The minimum absolute atomic E-state index is 0.0676. The topological polar surface area (TPSA) is 140 Å². The molecule has 3 aliphatic carbocycles. The molecule has 2 N–H and O–H groups in total. The zero-order valence-electron chi connectivity index (χ0n) is 28.6. The largest absolute Gasteiger partial charge is 0.495 e. The second kappa shape index (κ2) is 14.6. The molecule has 3 aromatic heterocycles. The summed E-state index contributed by atoms with van der Waals surface area (Å²) in [6, 6.07) is 7.97. The summed E-state index contributed by atoms with van der Waals surface area (Å²) >= 11 is 0. The maximum atomic E-state index is 14.3. The molecular weight excluding hydrogens is 610 g/mol. The van der Waals surface area contributed by atoms with Gasteiger partial charge in [-0.2, -0.15) is 0 Å². The summed E-state index contributed by atoms with van der Waals surface area (Å²) < 4.78 is 16.8. The van der Waals surface area contributed by atoms with Crippen molar-refractivity contribution in [1.82, 2.24) is 20.3 Å². The number of oxazole rings is 1. The van der Waals surface area contributed by atoms with Gasteiger partial charge in [0.25, 0.3) is 0 Å². The Morgan fingerprint density at radius 1 is 1.00 bits per heavy atom. The molecule has 3 aliphatic rings. The third-order valence-electron chi connectivity index (χ3n) is 9.98. The van der Waals surface area contributed by atoms with Crippen LogP contribution in [0.5, 0.6) is 5.75 Å². The number of aliphatic hydroxyl groups is 1. The molecule has 0 aromatic carbocycles. The van der Waals surface area contributed by atoms with Gasteiger partial charge in [0.15, 0.2) is 5.89 Å². The van der Waals surface area contributed by atoms with E-state index in [2.05, 4.69) is 11.4 Å². The maximum absolute atomic E-state index is 14.3. The third kappa shape index (κ3) is 8.53. The Bertz CT molecular complexity index is 1560. The molecule has 6 rings (SSSR count). The van der Waals surface area contributed by atoms with Crippen LogP contribution in [0.2, 0.25) is 0 Å². The summed E-state index contributed by atoms with van der Waals surface area (Å²) in [6.07, 6.45) is 11.4. The minimum Gasteiger partial charge on any atom is -0.495 e. The van der Waals surface area contributed by atoms with E-state index < -0.39 is 11.7 Å². The Labute approximate surface area is 282 Å². The number of aromatic nitrogens is 3. The van der Waals surface area contributed by atoms with Crippen molar-refractivity contribution in [3.8, 4) is 17.0 Å². The predicted octanol–water partition coefficient (Wildman–Crippen LogP) is 6.69. The van der Waals surface area contributed by atoms with Crippen LogP contribution in [0.15, 0.2) is 41.1 Å². The lowest BCUT2D eigenvalue weighted by molar-refractivity contribution is -0.124. The number of aryl methyl sites for hydroxylation is 1. The van der Waals surface area contributed by atoms with E-state index in [-0.39, 0.29) is 24.5 Å². The van der Waals surface area contributed by atoms with Crippen LogP contribution in [0, 0.1) is 18.8 Å². The fourth-order valence-corrected chi connectivity index (χ4v) is 7.00. The normalized spacial score (nSPS) is 22.9. The molecule has 0 saturated heterocycles. The van der Waals surface area contributed by atoms with Gasteiger partial charge in [0.1, 0.15) is 29.6 Å². The molecule has 11 nitrogen and oxygen atoms in total. The monoisotopic (exact) mass is 659 g/mol. The first-order chi connectivity index (χ1) is 23.1. The van der Waals surface area contributed by atoms with Gasteiger partial charge >= 0.3 is 6.09 Å². The summed E-state index contributed by atoms with van der Waals surface area (Å²) in [5, 5.41) is 12.5. The Morgan fingerprint density at radius 3 is 2.40 bits per heavy atom. The van der Waals surface area contributed by atoms with Gasteiger partial charge in [0.2, 0.25) is 5.91 Å². The quantitative estimate of drug-likeness (QED) is 0.230. The van der Waals surface area contributed by atoms with E-state index >= 15 is 0 Å². The van der Waals surface area contributed by atoms with Crippen LogP contribution in [0.4, 0.5) is 10.6 Å². The number of ether oxygens (including phenoxy) is 2. The summed E-state index contributed by atoms with van der Waals surface area (Å²) in [7, 11) is 1.67. The Kier molecular flexibility index (Phi) is 10.3. The van der Waals surface area contributed by atoms with E-state index in [1.807, 2.05) is 30.0 Å². The highest BCUT2D eigenvalue weighted by atomic mass is 16.6.